The summed E-state index contributed by atoms with van der Waals surface area (Å²) in [7, 11) is -3.68. The Balaban J connectivity index is 3.08. The molecule has 8 heteroatoms. The van der Waals surface area contributed by atoms with Gasteiger partial charge in [0, 0.05) is 5.69 Å². The SMILES string of the molecule is CCCCS(=O)(=O)Nc1ccc(C#N)c(C(F)(F)F)c1. The van der Waals surface area contributed by atoms with Gasteiger partial charge in [0.1, 0.15) is 0 Å². The summed E-state index contributed by atoms with van der Waals surface area (Å²) in [6.07, 6.45) is -3.64. The quantitative estimate of drug-likeness (QED) is 0.908. The normalized spacial score (nSPS) is 11.9. The number of sulfonamides is 1. The van der Waals surface area contributed by atoms with E-state index in [1.54, 1.807) is 6.92 Å². The monoisotopic (exact) mass is 306 g/mol. The van der Waals surface area contributed by atoms with Crippen LogP contribution in [-0.2, 0) is 16.2 Å². The second kappa shape index (κ2) is 6.13. The molecule has 0 aromatic heterocycles. The topological polar surface area (TPSA) is 70.0 Å². The highest BCUT2D eigenvalue weighted by Gasteiger charge is 2.34. The molecule has 0 fully saturated rings. The summed E-state index contributed by atoms with van der Waals surface area (Å²) in [5.41, 5.74) is -1.91. The number of halogens is 3. The molecule has 0 aliphatic carbocycles. The predicted octanol–water partition coefficient (Wildman–Crippen LogP) is 3.12. The van der Waals surface area contributed by atoms with Gasteiger partial charge in [0.25, 0.3) is 0 Å². The molecule has 1 aromatic carbocycles. The molecule has 0 unspecified atom stereocenters. The number of unbranched alkanes of at least 4 members (excludes halogenated alkanes) is 1. The summed E-state index contributed by atoms with van der Waals surface area (Å²) in [4.78, 5) is 0. The molecule has 0 radical (unpaired) electrons. The molecule has 0 saturated heterocycles. The first kappa shape index (κ1) is 16.3. The fourth-order valence-corrected chi connectivity index (χ4v) is 2.76. The number of alkyl halides is 3. The molecule has 0 atom stereocenters. The fourth-order valence-electron chi connectivity index (χ4n) is 1.50. The Kier molecular flexibility index (Phi) is 5.00. The summed E-state index contributed by atoms with van der Waals surface area (Å²) in [5, 5.41) is 8.63. The van der Waals surface area contributed by atoms with Crippen molar-refractivity contribution in [2.24, 2.45) is 0 Å². The molecule has 0 amide bonds. The standard InChI is InChI=1S/C12H13F3N2O2S/c1-2-3-6-20(18,19)17-10-5-4-9(8-16)11(7-10)12(13,14)15/h4-5,7,17H,2-3,6H2,1H3. The van der Waals surface area contributed by atoms with Crippen molar-refractivity contribution < 1.29 is 21.6 Å². The molecule has 4 nitrogen and oxygen atoms in total. The molecule has 0 aliphatic rings. The molecule has 0 heterocycles. The van der Waals surface area contributed by atoms with Gasteiger partial charge in [0.2, 0.25) is 10.0 Å². The lowest BCUT2D eigenvalue weighted by atomic mass is 10.1. The number of hydrogen-bond donors (Lipinski definition) is 1. The first-order valence-corrected chi connectivity index (χ1v) is 7.46. The molecule has 1 aromatic rings. The van der Waals surface area contributed by atoms with Crippen LogP contribution in [0.15, 0.2) is 18.2 Å². The number of hydrogen-bond acceptors (Lipinski definition) is 3. The second-order valence-corrected chi connectivity index (χ2v) is 5.99. The van der Waals surface area contributed by atoms with Gasteiger partial charge in [-0.25, -0.2) is 8.42 Å². The summed E-state index contributed by atoms with van der Waals surface area (Å²) >= 11 is 0. The van der Waals surface area contributed by atoms with Gasteiger partial charge in [0.15, 0.2) is 0 Å². The number of anilines is 1. The Morgan fingerprint density at radius 3 is 2.50 bits per heavy atom. The Hall–Kier alpha value is -1.75. The first-order valence-electron chi connectivity index (χ1n) is 5.81. The zero-order valence-electron chi connectivity index (χ0n) is 10.7. The number of nitrogens with zero attached hydrogens (tertiary/aromatic N) is 1. The third-order valence-corrected chi connectivity index (χ3v) is 3.86. The largest absolute Gasteiger partial charge is 0.417 e. The Morgan fingerprint density at radius 1 is 1.35 bits per heavy atom. The predicted molar refractivity (Wildman–Crippen MR) is 68.5 cm³/mol. The third kappa shape index (κ3) is 4.42. The van der Waals surface area contributed by atoms with Gasteiger partial charge in [-0.2, -0.15) is 18.4 Å². The second-order valence-electron chi connectivity index (χ2n) is 4.14. The Labute approximate surface area is 115 Å². The van der Waals surface area contributed by atoms with Crippen LogP contribution in [-0.4, -0.2) is 14.2 Å². The fraction of sp³-hybridized carbons (Fsp3) is 0.417. The molecule has 0 saturated carbocycles. The number of nitrogens with one attached hydrogen (secondary N) is 1. The van der Waals surface area contributed by atoms with E-state index in [0.717, 1.165) is 12.1 Å². The van der Waals surface area contributed by atoms with Crippen LogP contribution in [0.1, 0.15) is 30.9 Å². The highest BCUT2D eigenvalue weighted by molar-refractivity contribution is 7.92. The van der Waals surface area contributed by atoms with Gasteiger partial charge in [0.05, 0.1) is 22.9 Å². The molecule has 20 heavy (non-hydrogen) atoms. The zero-order valence-corrected chi connectivity index (χ0v) is 11.5. The maximum absolute atomic E-state index is 12.7. The Bertz CT molecular complexity index is 619. The first-order chi connectivity index (χ1) is 9.19. The smallest absolute Gasteiger partial charge is 0.284 e. The lowest BCUT2D eigenvalue weighted by Gasteiger charge is -2.12. The highest BCUT2D eigenvalue weighted by atomic mass is 32.2. The minimum atomic E-state index is -4.71. The minimum Gasteiger partial charge on any atom is -0.284 e. The van der Waals surface area contributed by atoms with Crippen molar-refractivity contribution in [3.05, 3.63) is 29.3 Å². The molecular formula is C12H13F3N2O2S. The molecule has 0 bridgehead atoms. The van der Waals surface area contributed by atoms with E-state index >= 15 is 0 Å². The van der Waals surface area contributed by atoms with Crippen molar-refractivity contribution in [3.8, 4) is 6.07 Å². The van der Waals surface area contributed by atoms with Crippen molar-refractivity contribution in [3.63, 3.8) is 0 Å². The van der Waals surface area contributed by atoms with E-state index in [4.69, 9.17) is 5.26 Å². The van der Waals surface area contributed by atoms with Gasteiger partial charge in [-0.1, -0.05) is 13.3 Å². The van der Waals surface area contributed by atoms with Gasteiger partial charge in [-0.3, -0.25) is 4.72 Å². The van der Waals surface area contributed by atoms with Crippen molar-refractivity contribution in [1.29, 1.82) is 5.26 Å². The number of nitriles is 1. The number of benzene rings is 1. The summed E-state index contributed by atoms with van der Waals surface area (Å²) < 4.78 is 63.5. The van der Waals surface area contributed by atoms with Crippen LogP contribution < -0.4 is 4.72 Å². The number of rotatable bonds is 5. The average Bonchev–Trinajstić information content (AvgIpc) is 2.35. The van der Waals surface area contributed by atoms with E-state index in [1.807, 2.05) is 0 Å². The van der Waals surface area contributed by atoms with Crippen LogP contribution in [0.2, 0.25) is 0 Å². The summed E-state index contributed by atoms with van der Waals surface area (Å²) in [5.74, 6) is -0.162. The van der Waals surface area contributed by atoms with E-state index in [0.29, 0.717) is 18.9 Å². The van der Waals surface area contributed by atoms with Gasteiger partial charge >= 0.3 is 6.18 Å². The lowest BCUT2D eigenvalue weighted by Crippen LogP contribution is -2.17. The minimum absolute atomic E-state index is 0.162. The average molecular weight is 306 g/mol. The molecular weight excluding hydrogens is 293 g/mol. The van der Waals surface area contributed by atoms with Crippen molar-refractivity contribution >= 4 is 15.7 Å². The maximum atomic E-state index is 12.7. The third-order valence-electron chi connectivity index (χ3n) is 2.49. The molecule has 0 spiro atoms. The molecule has 0 aliphatic heterocycles. The lowest BCUT2D eigenvalue weighted by molar-refractivity contribution is -0.137. The molecule has 110 valence electrons. The highest BCUT2D eigenvalue weighted by Crippen LogP contribution is 2.33. The van der Waals surface area contributed by atoms with Gasteiger partial charge in [-0.05, 0) is 24.6 Å². The van der Waals surface area contributed by atoms with Gasteiger partial charge in [-0.15, -0.1) is 0 Å². The van der Waals surface area contributed by atoms with Crippen LogP contribution in [0, 0.1) is 11.3 Å². The Morgan fingerprint density at radius 2 is 2.00 bits per heavy atom. The zero-order chi connectivity index (χ0) is 15.4. The van der Waals surface area contributed by atoms with Crippen molar-refractivity contribution in [2.75, 3.05) is 10.5 Å². The summed E-state index contributed by atoms with van der Waals surface area (Å²) in [6.45, 7) is 1.80. The van der Waals surface area contributed by atoms with E-state index in [2.05, 4.69) is 4.72 Å². The van der Waals surface area contributed by atoms with Crippen molar-refractivity contribution in [1.82, 2.24) is 0 Å². The van der Waals surface area contributed by atoms with Gasteiger partial charge < -0.3 is 0 Å². The van der Waals surface area contributed by atoms with Crippen LogP contribution in [0.25, 0.3) is 0 Å². The summed E-state index contributed by atoms with van der Waals surface area (Å²) in [6, 6.07) is 4.14. The van der Waals surface area contributed by atoms with Crippen LogP contribution in [0.4, 0.5) is 18.9 Å². The van der Waals surface area contributed by atoms with E-state index < -0.39 is 27.3 Å². The van der Waals surface area contributed by atoms with E-state index in [9.17, 15) is 21.6 Å². The molecule has 1 rings (SSSR count). The van der Waals surface area contributed by atoms with Crippen LogP contribution in [0.3, 0.4) is 0 Å². The molecule has 1 N–H and O–H groups in total. The van der Waals surface area contributed by atoms with Crippen LogP contribution in [0.5, 0.6) is 0 Å². The van der Waals surface area contributed by atoms with E-state index in [1.165, 1.54) is 6.07 Å². The van der Waals surface area contributed by atoms with Crippen molar-refractivity contribution in [2.45, 2.75) is 25.9 Å². The van der Waals surface area contributed by atoms with Crippen LogP contribution >= 0.6 is 0 Å². The van der Waals surface area contributed by atoms with E-state index in [-0.39, 0.29) is 11.4 Å². The maximum Gasteiger partial charge on any atom is 0.417 e.